The molecule has 0 atom stereocenters. The second kappa shape index (κ2) is 8.03. The van der Waals surface area contributed by atoms with Crippen molar-refractivity contribution in [2.45, 2.75) is 44.9 Å². The Morgan fingerprint density at radius 3 is 3.00 bits per heavy atom. The van der Waals surface area contributed by atoms with Gasteiger partial charge in [0.15, 0.2) is 5.13 Å². The summed E-state index contributed by atoms with van der Waals surface area (Å²) in [5.41, 5.74) is 0. The maximum Gasteiger partial charge on any atom is 0.226 e. The summed E-state index contributed by atoms with van der Waals surface area (Å²) in [4.78, 5) is 16.9. The quantitative estimate of drug-likeness (QED) is 0.839. The van der Waals surface area contributed by atoms with Crippen LogP contribution in [-0.4, -0.2) is 22.6 Å². The van der Waals surface area contributed by atoms with E-state index in [1.807, 2.05) is 0 Å². The van der Waals surface area contributed by atoms with Gasteiger partial charge >= 0.3 is 0 Å². The monoisotopic (exact) mass is 292 g/mol. The standard InChI is InChI=1S/C15H20N2O2S/c18-9-5-4-8-13-11-16-15(20-13)17-14(19)10-12-6-2-1-3-7-12/h11-12,18H,1-3,5-7,9-10H2,(H,16,17,19). The van der Waals surface area contributed by atoms with Gasteiger partial charge in [-0.15, -0.1) is 0 Å². The molecule has 1 aliphatic carbocycles. The lowest BCUT2D eigenvalue weighted by molar-refractivity contribution is -0.117. The average Bonchev–Trinajstić information content (AvgIpc) is 2.87. The van der Waals surface area contributed by atoms with Crippen LogP contribution in [-0.2, 0) is 4.79 Å². The molecular weight excluding hydrogens is 272 g/mol. The van der Waals surface area contributed by atoms with Gasteiger partial charge in [0.05, 0.1) is 17.7 Å². The molecule has 0 radical (unpaired) electrons. The number of aromatic nitrogens is 1. The Morgan fingerprint density at radius 2 is 2.25 bits per heavy atom. The number of carbonyl (C=O) groups is 1. The SMILES string of the molecule is O=C(CC1CCCCC1)Nc1ncc(C#CCCO)s1. The molecule has 0 saturated heterocycles. The van der Waals surface area contributed by atoms with E-state index in [2.05, 4.69) is 22.1 Å². The number of nitrogens with one attached hydrogen (secondary N) is 1. The number of aliphatic hydroxyl groups excluding tert-OH is 1. The molecule has 1 aliphatic rings. The minimum absolute atomic E-state index is 0.0566. The Bertz CT molecular complexity index is 495. The Balaban J connectivity index is 1.80. The molecule has 2 rings (SSSR count). The van der Waals surface area contributed by atoms with E-state index in [-0.39, 0.29) is 12.5 Å². The second-order valence-corrected chi connectivity index (χ2v) is 6.09. The Hall–Kier alpha value is -1.38. The van der Waals surface area contributed by atoms with E-state index >= 15 is 0 Å². The van der Waals surface area contributed by atoms with Crippen LogP contribution in [0.4, 0.5) is 5.13 Å². The Labute approximate surface area is 123 Å². The smallest absolute Gasteiger partial charge is 0.226 e. The normalized spacial score (nSPS) is 15.4. The molecule has 1 saturated carbocycles. The minimum Gasteiger partial charge on any atom is -0.395 e. The predicted octanol–water partition coefficient (Wildman–Crippen LogP) is 2.79. The number of hydrogen-bond donors (Lipinski definition) is 2. The molecule has 0 unspecified atom stereocenters. The first-order chi connectivity index (χ1) is 9.78. The molecular formula is C15H20N2O2S. The summed E-state index contributed by atoms with van der Waals surface area (Å²) >= 11 is 1.38. The first-order valence-corrected chi connectivity index (χ1v) is 7.95. The van der Waals surface area contributed by atoms with Crippen LogP contribution in [0.3, 0.4) is 0 Å². The van der Waals surface area contributed by atoms with E-state index in [1.54, 1.807) is 6.20 Å². The number of thiazole rings is 1. The number of anilines is 1. The molecule has 0 aliphatic heterocycles. The van der Waals surface area contributed by atoms with Crippen molar-refractivity contribution in [2.75, 3.05) is 11.9 Å². The van der Waals surface area contributed by atoms with Gasteiger partial charge in [0.1, 0.15) is 0 Å². The summed E-state index contributed by atoms with van der Waals surface area (Å²) in [7, 11) is 0. The molecule has 2 N–H and O–H groups in total. The van der Waals surface area contributed by atoms with Crippen molar-refractivity contribution in [3.05, 3.63) is 11.1 Å². The van der Waals surface area contributed by atoms with Crippen molar-refractivity contribution >= 4 is 22.4 Å². The number of rotatable bonds is 4. The predicted molar refractivity (Wildman–Crippen MR) is 80.5 cm³/mol. The van der Waals surface area contributed by atoms with E-state index in [0.29, 0.717) is 23.9 Å². The lowest BCUT2D eigenvalue weighted by Crippen LogP contribution is -2.18. The molecule has 1 aromatic rings. The summed E-state index contributed by atoms with van der Waals surface area (Å²) in [6.45, 7) is 0.0663. The molecule has 20 heavy (non-hydrogen) atoms. The van der Waals surface area contributed by atoms with Gasteiger partial charge in [0, 0.05) is 12.8 Å². The van der Waals surface area contributed by atoms with Gasteiger partial charge in [-0.05, 0) is 18.8 Å². The van der Waals surface area contributed by atoms with Crippen LogP contribution in [0.5, 0.6) is 0 Å². The van der Waals surface area contributed by atoms with Crippen LogP contribution in [0.15, 0.2) is 6.20 Å². The fourth-order valence-electron chi connectivity index (χ4n) is 2.42. The third-order valence-electron chi connectivity index (χ3n) is 3.40. The van der Waals surface area contributed by atoms with Crippen LogP contribution < -0.4 is 5.32 Å². The lowest BCUT2D eigenvalue weighted by atomic mass is 9.87. The van der Waals surface area contributed by atoms with Crippen molar-refractivity contribution < 1.29 is 9.90 Å². The number of aliphatic hydroxyl groups is 1. The van der Waals surface area contributed by atoms with Crippen molar-refractivity contribution in [1.29, 1.82) is 0 Å². The van der Waals surface area contributed by atoms with E-state index in [1.165, 1.54) is 43.4 Å². The van der Waals surface area contributed by atoms with E-state index in [4.69, 9.17) is 5.11 Å². The first-order valence-electron chi connectivity index (χ1n) is 7.13. The average molecular weight is 292 g/mol. The number of hydrogen-bond acceptors (Lipinski definition) is 4. The summed E-state index contributed by atoms with van der Waals surface area (Å²) in [6.07, 6.45) is 8.87. The lowest BCUT2D eigenvalue weighted by Gasteiger charge is -2.20. The van der Waals surface area contributed by atoms with Crippen molar-refractivity contribution in [1.82, 2.24) is 4.98 Å². The molecule has 1 fully saturated rings. The van der Waals surface area contributed by atoms with Crippen LogP contribution in [0.2, 0.25) is 0 Å². The van der Waals surface area contributed by atoms with Crippen LogP contribution in [0, 0.1) is 17.8 Å². The van der Waals surface area contributed by atoms with Gasteiger partial charge in [-0.2, -0.15) is 0 Å². The van der Waals surface area contributed by atoms with E-state index < -0.39 is 0 Å². The topological polar surface area (TPSA) is 62.2 Å². The van der Waals surface area contributed by atoms with Crippen LogP contribution >= 0.6 is 11.3 Å². The summed E-state index contributed by atoms with van der Waals surface area (Å²) < 4.78 is 0. The van der Waals surface area contributed by atoms with Gasteiger partial charge in [-0.25, -0.2) is 4.98 Å². The maximum absolute atomic E-state index is 11.9. The fourth-order valence-corrected chi connectivity index (χ4v) is 3.13. The molecule has 1 heterocycles. The Morgan fingerprint density at radius 1 is 1.45 bits per heavy atom. The summed E-state index contributed by atoms with van der Waals surface area (Å²) in [6, 6.07) is 0. The number of carbonyl (C=O) groups excluding carboxylic acids is 1. The summed E-state index contributed by atoms with van der Waals surface area (Å²) in [5.74, 6) is 6.35. The second-order valence-electron chi connectivity index (χ2n) is 5.06. The highest BCUT2D eigenvalue weighted by molar-refractivity contribution is 7.16. The van der Waals surface area contributed by atoms with Crippen molar-refractivity contribution in [3.63, 3.8) is 0 Å². The van der Waals surface area contributed by atoms with Crippen LogP contribution in [0.1, 0.15) is 49.8 Å². The maximum atomic E-state index is 11.9. The third kappa shape index (κ3) is 4.95. The molecule has 108 valence electrons. The van der Waals surface area contributed by atoms with Crippen molar-refractivity contribution in [3.8, 4) is 11.8 Å². The van der Waals surface area contributed by atoms with E-state index in [0.717, 1.165) is 4.88 Å². The number of amides is 1. The molecule has 1 aromatic heterocycles. The zero-order chi connectivity index (χ0) is 14.2. The molecule has 0 spiro atoms. The minimum atomic E-state index is 0.0566. The zero-order valence-corrected chi connectivity index (χ0v) is 12.3. The highest BCUT2D eigenvalue weighted by Gasteiger charge is 2.17. The van der Waals surface area contributed by atoms with E-state index in [9.17, 15) is 4.79 Å². The molecule has 0 bridgehead atoms. The highest BCUT2D eigenvalue weighted by atomic mass is 32.1. The largest absolute Gasteiger partial charge is 0.395 e. The highest BCUT2D eigenvalue weighted by Crippen LogP contribution is 2.27. The molecule has 4 nitrogen and oxygen atoms in total. The van der Waals surface area contributed by atoms with Gasteiger partial charge in [-0.3, -0.25) is 4.79 Å². The van der Waals surface area contributed by atoms with Gasteiger partial charge in [0.25, 0.3) is 0 Å². The van der Waals surface area contributed by atoms with Crippen molar-refractivity contribution in [2.24, 2.45) is 5.92 Å². The molecule has 0 aromatic carbocycles. The molecule has 1 amide bonds. The molecule has 5 heteroatoms. The van der Waals surface area contributed by atoms with Gasteiger partial charge in [0.2, 0.25) is 5.91 Å². The van der Waals surface area contributed by atoms with Crippen LogP contribution in [0.25, 0.3) is 0 Å². The van der Waals surface area contributed by atoms with Gasteiger partial charge in [-0.1, -0.05) is 42.4 Å². The third-order valence-corrected chi connectivity index (χ3v) is 4.23. The Kier molecular flexibility index (Phi) is 6.03. The number of nitrogens with zero attached hydrogens (tertiary/aromatic N) is 1. The first kappa shape index (κ1) is 15.0. The van der Waals surface area contributed by atoms with Gasteiger partial charge < -0.3 is 10.4 Å². The fraction of sp³-hybridized carbons (Fsp3) is 0.600. The zero-order valence-electron chi connectivity index (χ0n) is 11.5. The summed E-state index contributed by atoms with van der Waals surface area (Å²) in [5, 5.41) is 12.1.